The minimum atomic E-state index is -0.714. The van der Waals surface area contributed by atoms with Crippen molar-refractivity contribution in [1.29, 1.82) is 0 Å². The predicted molar refractivity (Wildman–Crippen MR) is 104 cm³/mol. The van der Waals surface area contributed by atoms with Gasteiger partial charge in [0.2, 0.25) is 0 Å². The number of carbonyl (C=O) groups excluding carboxylic acids is 3. The molecular formula is C19H21BrN2O5. The molecule has 1 heterocycles. The average Bonchev–Trinajstić information content (AvgIpc) is 2.90. The zero-order valence-corrected chi connectivity index (χ0v) is 17.2. The highest BCUT2D eigenvalue weighted by molar-refractivity contribution is 9.10. The van der Waals surface area contributed by atoms with Crippen LogP contribution in [-0.2, 0) is 14.3 Å². The number of nitrogens with one attached hydrogen (secondary N) is 2. The van der Waals surface area contributed by atoms with Gasteiger partial charge in [0.1, 0.15) is 5.69 Å². The molecule has 2 rings (SSSR count). The van der Waals surface area contributed by atoms with E-state index in [-0.39, 0.29) is 12.3 Å². The van der Waals surface area contributed by atoms with Crippen LogP contribution in [0, 0.1) is 20.8 Å². The number of benzene rings is 1. The molecule has 0 aliphatic rings. The van der Waals surface area contributed by atoms with Crippen LogP contribution < -0.4 is 5.32 Å². The minimum absolute atomic E-state index is 0.128. The van der Waals surface area contributed by atoms with E-state index in [4.69, 9.17) is 9.47 Å². The van der Waals surface area contributed by atoms with Crippen molar-refractivity contribution in [3.05, 3.63) is 50.8 Å². The number of ether oxygens (including phenoxy) is 2. The lowest BCUT2D eigenvalue weighted by molar-refractivity contribution is -0.119. The standard InChI is InChI=1S/C19H21BrN2O5/c1-5-26-18(24)16-11(3)17(21-12(16)4)19(25)27-9-15(23)22-14-7-6-13(20)8-10(14)2/h6-8,21H,5,9H2,1-4H3,(H,22,23). The summed E-state index contributed by atoms with van der Waals surface area (Å²) in [5, 5.41) is 2.69. The van der Waals surface area contributed by atoms with Gasteiger partial charge in [0, 0.05) is 15.9 Å². The van der Waals surface area contributed by atoms with Gasteiger partial charge in [-0.2, -0.15) is 0 Å². The first-order valence-corrected chi connectivity index (χ1v) is 9.13. The Morgan fingerprint density at radius 3 is 2.44 bits per heavy atom. The second kappa shape index (κ2) is 8.85. The number of hydrogen-bond donors (Lipinski definition) is 2. The number of carbonyl (C=O) groups is 3. The Kier molecular flexibility index (Phi) is 6.79. The van der Waals surface area contributed by atoms with Crippen LogP contribution in [0.3, 0.4) is 0 Å². The van der Waals surface area contributed by atoms with E-state index in [1.54, 1.807) is 32.9 Å². The molecule has 144 valence electrons. The lowest BCUT2D eigenvalue weighted by Crippen LogP contribution is -2.21. The molecule has 1 amide bonds. The van der Waals surface area contributed by atoms with Gasteiger partial charge in [-0.1, -0.05) is 15.9 Å². The van der Waals surface area contributed by atoms with Crippen LogP contribution in [0.15, 0.2) is 22.7 Å². The monoisotopic (exact) mass is 436 g/mol. The van der Waals surface area contributed by atoms with Crippen LogP contribution >= 0.6 is 15.9 Å². The van der Waals surface area contributed by atoms with Gasteiger partial charge < -0.3 is 19.8 Å². The van der Waals surface area contributed by atoms with Crippen molar-refractivity contribution in [3.8, 4) is 0 Å². The van der Waals surface area contributed by atoms with Crippen molar-refractivity contribution >= 4 is 39.5 Å². The molecule has 2 aromatic rings. The Labute approximate surface area is 165 Å². The zero-order valence-electron chi connectivity index (χ0n) is 15.6. The Morgan fingerprint density at radius 2 is 1.81 bits per heavy atom. The molecule has 1 aromatic heterocycles. The van der Waals surface area contributed by atoms with Gasteiger partial charge in [-0.15, -0.1) is 0 Å². The predicted octanol–water partition coefficient (Wildman–Crippen LogP) is 3.67. The summed E-state index contributed by atoms with van der Waals surface area (Å²) < 4.78 is 11.0. The molecule has 0 saturated carbocycles. The summed E-state index contributed by atoms with van der Waals surface area (Å²) in [5.41, 5.74) is 2.88. The van der Waals surface area contributed by atoms with Crippen molar-refractivity contribution < 1.29 is 23.9 Å². The van der Waals surface area contributed by atoms with Gasteiger partial charge >= 0.3 is 11.9 Å². The summed E-state index contributed by atoms with van der Waals surface area (Å²) in [6.07, 6.45) is 0. The van der Waals surface area contributed by atoms with Crippen molar-refractivity contribution in [2.75, 3.05) is 18.5 Å². The van der Waals surface area contributed by atoms with Crippen molar-refractivity contribution in [2.45, 2.75) is 27.7 Å². The summed E-state index contributed by atoms with van der Waals surface area (Å²) in [6.45, 7) is 6.64. The van der Waals surface area contributed by atoms with Crippen molar-refractivity contribution in [3.63, 3.8) is 0 Å². The number of anilines is 1. The molecule has 1 aromatic carbocycles. The van der Waals surface area contributed by atoms with Crippen LogP contribution in [0.2, 0.25) is 0 Å². The number of amides is 1. The molecule has 0 fully saturated rings. The molecule has 27 heavy (non-hydrogen) atoms. The van der Waals surface area contributed by atoms with E-state index in [1.165, 1.54) is 0 Å². The smallest absolute Gasteiger partial charge is 0.355 e. The molecule has 0 aliphatic carbocycles. The molecule has 0 saturated heterocycles. The molecule has 0 bridgehead atoms. The fourth-order valence-corrected chi connectivity index (χ4v) is 3.10. The lowest BCUT2D eigenvalue weighted by atomic mass is 10.1. The maximum absolute atomic E-state index is 12.3. The highest BCUT2D eigenvalue weighted by Crippen LogP contribution is 2.21. The first kappa shape index (κ1) is 20.7. The summed E-state index contributed by atoms with van der Waals surface area (Å²) in [4.78, 5) is 39.2. The summed E-state index contributed by atoms with van der Waals surface area (Å²) in [7, 11) is 0. The van der Waals surface area contributed by atoms with Crippen LogP contribution in [-0.4, -0.2) is 36.0 Å². The maximum Gasteiger partial charge on any atom is 0.355 e. The lowest BCUT2D eigenvalue weighted by Gasteiger charge is -2.09. The fourth-order valence-electron chi connectivity index (χ4n) is 2.62. The third-order valence-corrected chi connectivity index (χ3v) is 4.41. The highest BCUT2D eigenvalue weighted by Gasteiger charge is 2.24. The SMILES string of the molecule is CCOC(=O)c1c(C)[nH]c(C(=O)OCC(=O)Nc2ccc(Br)cc2C)c1C. The van der Waals surface area contributed by atoms with Gasteiger partial charge in [-0.3, -0.25) is 4.79 Å². The molecular weight excluding hydrogens is 416 g/mol. The molecule has 0 atom stereocenters. The topological polar surface area (TPSA) is 97.5 Å². The van der Waals surface area contributed by atoms with Gasteiger partial charge in [0.05, 0.1) is 12.2 Å². The Balaban J connectivity index is 2.02. The summed E-state index contributed by atoms with van der Waals surface area (Å²) in [5.74, 6) is -1.68. The zero-order chi connectivity index (χ0) is 20.1. The van der Waals surface area contributed by atoms with E-state index >= 15 is 0 Å². The minimum Gasteiger partial charge on any atom is -0.462 e. The third-order valence-electron chi connectivity index (χ3n) is 3.92. The van der Waals surface area contributed by atoms with Gasteiger partial charge in [0.25, 0.3) is 5.91 Å². The van der Waals surface area contributed by atoms with Crippen molar-refractivity contribution in [1.82, 2.24) is 4.98 Å². The highest BCUT2D eigenvalue weighted by atomic mass is 79.9. The Hall–Kier alpha value is -2.61. The number of H-pyrrole nitrogens is 1. The van der Waals surface area contributed by atoms with Crippen LogP contribution in [0.1, 0.15) is 44.6 Å². The van der Waals surface area contributed by atoms with E-state index in [9.17, 15) is 14.4 Å². The molecule has 2 N–H and O–H groups in total. The number of rotatable bonds is 6. The number of esters is 2. The van der Waals surface area contributed by atoms with E-state index in [1.807, 2.05) is 13.0 Å². The molecule has 8 heteroatoms. The second-order valence-corrected chi connectivity index (χ2v) is 6.84. The number of hydrogen-bond acceptors (Lipinski definition) is 5. The molecule has 7 nitrogen and oxygen atoms in total. The Bertz CT molecular complexity index is 888. The number of halogens is 1. The second-order valence-electron chi connectivity index (χ2n) is 5.93. The third kappa shape index (κ3) is 4.97. The van der Waals surface area contributed by atoms with E-state index < -0.39 is 24.5 Å². The maximum atomic E-state index is 12.3. The Morgan fingerprint density at radius 1 is 1.11 bits per heavy atom. The number of aromatic amines is 1. The molecule has 0 unspecified atom stereocenters. The molecule has 0 radical (unpaired) electrons. The van der Waals surface area contributed by atoms with Crippen LogP contribution in [0.25, 0.3) is 0 Å². The molecule has 0 aliphatic heterocycles. The first-order valence-electron chi connectivity index (χ1n) is 8.34. The summed E-state index contributed by atoms with van der Waals surface area (Å²) >= 11 is 3.35. The molecule has 0 spiro atoms. The normalized spacial score (nSPS) is 10.4. The van der Waals surface area contributed by atoms with E-state index in [0.717, 1.165) is 10.0 Å². The summed E-state index contributed by atoms with van der Waals surface area (Å²) in [6, 6.07) is 5.42. The number of aryl methyl sites for hydroxylation is 2. The average molecular weight is 437 g/mol. The van der Waals surface area contributed by atoms with Crippen LogP contribution in [0.5, 0.6) is 0 Å². The van der Waals surface area contributed by atoms with Gasteiger partial charge in [0.15, 0.2) is 6.61 Å². The van der Waals surface area contributed by atoms with Crippen molar-refractivity contribution in [2.24, 2.45) is 0 Å². The largest absolute Gasteiger partial charge is 0.462 e. The van der Waals surface area contributed by atoms with E-state index in [2.05, 4.69) is 26.2 Å². The quantitative estimate of drug-likeness (QED) is 0.673. The van der Waals surface area contributed by atoms with Crippen LogP contribution in [0.4, 0.5) is 5.69 Å². The van der Waals surface area contributed by atoms with Gasteiger partial charge in [-0.05, 0) is 57.0 Å². The first-order chi connectivity index (χ1) is 12.7. The fraction of sp³-hybridized carbons (Fsp3) is 0.316. The van der Waals surface area contributed by atoms with E-state index in [0.29, 0.717) is 22.5 Å². The van der Waals surface area contributed by atoms with Gasteiger partial charge in [-0.25, -0.2) is 9.59 Å². The number of aromatic nitrogens is 1.